The van der Waals surface area contributed by atoms with Gasteiger partial charge in [-0.1, -0.05) is 25.4 Å². The summed E-state index contributed by atoms with van der Waals surface area (Å²) in [6.07, 6.45) is 0. The van der Waals surface area contributed by atoms with Crippen LogP contribution in [0.25, 0.3) is 10.9 Å². The molecule has 0 amide bonds. The molecule has 2 rings (SSSR count). The molecule has 0 saturated heterocycles. The fraction of sp³-hybridized carbons (Fsp3) is 0.438. The van der Waals surface area contributed by atoms with Crippen molar-refractivity contribution < 1.29 is 9.47 Å². The molecule has 0 aliphatic rings. The van der Waals surface area contributed by atoms with Crippen molar-refractivity contribution in [2.24, 2.45) is 0 Å². The SMILES string of the molecule is CC.CCOc1c(C)c(C)nc2cc(OC)c(Cl)cc12. The lowest BCUT2D eigenvalue weighted by Crippen LogP contribution is -1.99. The van der Waals surface area contributed by atoms with E-state index in [0.717, 1.165) is 27.9 Å². The second-order valence-corrected chi connectivity index (χ2v) is 4.50. The molecule has 0 radical (unpaired) electrons. The minimum absolute atomic E-state index is 0.566. The molecule has 1 aromatic heterocycles. The topological polar surface area (TPSA) is 31.4 Å². The van der Waals surface area contributed by atoms with Gasteiger partial charge >= 0.3 is 0 Å². The van der Waals surface area contributed by atoms with E-state index in [1.54, 1.807) is 7.11 Å². The maximum atomic E-state index is 6.16. The Balaban J connectivity index is 0.000000956. The van der Waals surface area contributed by atoms with E-state index < -0.39 is 0 Å². The molecule has 1 heterocycles. The first-order chi connectivity index (χ1) is 9.58. The number of hydrogen-bond acceptors (Lipinski definition) is 3. The summed E-state index contributed by atoms with van der Waals surface area (Å²) >= 11 is 6.16. The van der Waals surface area contributed by atoms with Crippen molar-refractivity contribution in [2.45, 2.75) is 34.6 Å². The summed E-state index contributed by atoms with van der Waals surface area (Å²) in [6.45, 7) is 10.6. The van der Waals surface area contributed by atoms with Crippen LogP contribution >= 0.6 is 11.6 Å². The Morgan fingerprint density at radius 1 is 1.20 bits per heavy atom. The standard InChI is InChI=1S/C14H16ClNO2.C2H6/c1-5-18-14-8(2)9(3)16-12-7-13(17-4)11(15)6-10(12)14;1-2/h6-7H,5H2,1-4H3;1-2H3. The van der Waals surface area contributed by atoms with Crippen molar-refractivity contribution in [3.8, 4) is 11.5 Å². The Kier molecular flexibility index (Phi) is 6.08. The average Bonchev–Trinajstić information content (AvgIpc) is 2.46. The predicted octanol–water partition coefficient (Wildman–Crippen LogP) is 4.94. The van der Waals surface area contributed by atoms with E-state index >= 15 is 0 Å². The van der Waals surface area contributed by atoms with Crippen molar-refractivity contribution in [1.82, 2.24) is 4.98 Å². The van der Waals surface area contributed by atoms with E-state index in [1.807, 2.05) is 46.8 Å². The molecule has 0 spiro atoms. The van der Waals surface area contributed by atoms with Crippen LogP contribution in [0.5, 0.6) is 11.5 Å². The van der Waals surface area contributed by atoms with Gasteiger partial charge in [0.2, 0.25) is 0 Å². The fourth-order valence-electron chi connectivity index (χ4n) is 1.93. The quantitative estimate of drug-likeness (QED) is 0.804. The summed E-state index contributed by atoms with van der Waals surface area (Å²) in [7, 11) is 1.59. The minimum atomic E-state index is 0.566. The molecule has 0 bridgehead atoms. The van der Waals surface area contributed by atoms with Crippen LogP contribution in [0.1, 0.15) is 32.0 Å². The van der Waals surface area contributed by atoms with E-state index in [1.165, 1.54) is 0 Å². The van der Waals surface area contributed by atoms with Crippen LogP contribution in [0.2, 0.25) is 5.02 Å². The molecule has 0 unspecified atom stereocenters. The van der Waals surface area contributed by atoms with Crippen molar-refractivity contribution in [3.05, 3.63) is 28.4 Å². The number of aryl methyl sites for hydroxylation is 1. The highest BCUT2D eigenvalue weighted by atomic mass is 35.5. The Hall–Kier alpha value is -1.48. The van der Waals surface area contributed by atoms with Crippen molar-refractivity contribution in [3.63, 3.8) is 0 Å². The van der Waals surface area contributed by atoms with Gasteiger partial charge < -0.3 is 9.47 Å². The Morgan fingerprint density at radius 2 is 1.85 bits per heavy atom. The summed E-state index contributed by atoms with van der Waals surface area (Å²) in [4.78, 5) is 4.55. The van der Waals surface area contributed by atoms with E-state index in [2.05, 4.69) is 4.98 Å². The highest BCUT2D eigenvalue weighted by Gasteiger charge is 2.13. The van der Waals surface area contributed by atoms with Crippen LogP contribution in [0, 0.1) is 13.8 Å². The molecule has 20 heavy (non-hydrogen) atoms. The summed E-state index contributed by atoms with van der Waals surface area (Å²) in [5.74, 6) is 1.48. The monoisotopic (exact) mass is 295 g/mol. The number of aromatic nitrogens is 1. The second-order valence-electron chi connectivity index (χ2n) is 4.09. The number of hydrogen-bond donors (Lipinski definition) is 0. The molecule has 4 heteroatoms. The summed E-state index contributed by atoms with van der Waals surface area (Å²) in [5, 5.41) is 1.49. The number of rotatable bonds is 3. The summed E-state index contributed by atoms with van der Waals surface area (Å²) in [6, 6.07) is 3.69. The highest BCUT2D eigenvalue weighted by molar-refractivity contribution is 6.33. The molecule has 2 aromatic rings. The number of benzene rings is 1. The lowest BCUT2D eigenvalue weighted by molar-refractivity contribution is 0.341. The average molecular weight is 296 g/mol. The summed E-state index contributed by atoms with van der Waals surface area (Å²) in [5.41, 5.74) is 2.84. The Labute approximate surface area is 125 Å². The molecule has 0 atom stereocenters. The van der Waals surface area contributed by atoms with Crippen molar-refractivity contribution in [2.75, 3.05) is 13.7 Å². The third-order valence-electron chi connectivity index (χ3n) is 2.97. The van der Waals surface area contributed by atoms with Gasteiger partial charge in [-0.05, 0) is 26.8 Å². The second kappa shape index (κ2) is 7.34. The van der Waals surface area contributed by atoms with Crippen LogP contribution in [0.3, 0.4) is 0 Å². The van der Waals surface area contributed by atoms with Crippen LogP contribution in [0.15, 0.2) is 12.1 Å². The van der Waals surface area contributed by atoms with Crippen molar-refractivity contribution >= 4 is 22.5 Å². The molecular formula is C16H22ClNO2. The predicted molar refractivity (Wildman–Crippen MR) is 85.3 cm³/mol. The first-order valence-electron chi connectivity index (χ1n) is 6.85. The molecule has 3 nitrogen and oxygen atoms in total. The molecule has 1 aromatic carbocycles. The van der Waals surface area contributed by atoms with E-state index in [-0.39, 0.29) is 0 Å². The zero-order chi connectivity index (χ0) is 15.3. The van der Waals surface area contributed by atoms with Gasteiger partial charge in [-0.15, -0.1) is 0 Å². The lowest BCUT2D eigenvalue weighted by atomic mass is 10.1. The number of methoxy groups -OCH3 is 1. The fourth-order valence-corrected chi connectivity index (χ4v) is 2.18. The van der Waals surface area contributed by atoms with E-state index in [0.29, 0.717) is 17.4 Å². The van der Waals surface area contributed by atoms with Gasteiger partial charge in [-0.3, -0.25) is 4.98 Å². The molecule has 110 valence electrons. The smallest absolute Gasteiger partial charge is 0.139 e. The number of pyridine rings is 1. The molecule has 0 aliphatic heterocycles. The third kappa shape index (κ3) is 3.15. The normalized spacial score (nSPS) is 9.95. The van der Waals surface area contributed by atoms with Gasteiger partial charge in [0.05, 0.1) is 24.3 Å². The molecular weight excluding hydrogens is 274 g/mol. The first-order valence-corrected chi connectivity index (χ1v) is 7.23. The molecule has 0 saturated carbocycles. The molecule has 0 fully saturated rings. The Bertz CT molecular complexity index is 597. The van der Waals surface area contributed by atoms with Gasteiger partial charge in [0, 0.05) is 22.7 Å². The van der Waals surface area contributed by atoms with Crippen LogP contribution < -0.4 is 9.47 Å². The largest absolute Gasteiger partial charge is 0.495 e. The van der Waals surface area contributed by atoms with E-state index in [4.69, 9.17) is 21.1 Å². The zero-order valence-corrected chi connectivity index (χ0v) is 13.8. The minimum Gasteiger partial charge on any atom is -0.495 e. The maximum Gasteiger partial charge on any atom is 0.139 e. The third-order valence-corrected chi connectivity index (χ3v) is 3.27. The summed E-state index contributed by atoms with van der Waals surface area (Å²) < 4.78 is 10.9. The number of ether oxygens (including phenoxy) is 2. The van der Waals surface area contributed by atoms with Crippen LogP contribution in [-0.2, 0) is 0 Å². The van der Waals surface area contributed by atoms with Crippen LogP contribution in [0.4, 0.5) is 0 Å². The number of fused-ring (bicyclic) bond motifs is 1. The lowest BCUT2D eigenvalue weighted by Gasteiger charge is -2.14. The zero-order valence-electron chi connectivity index (χ0n) is 13.0. The van der Waals surface area contributed by atoms with Gasteiger partial charge in [0.25, 0.3) is 0 Å². The number of nitrogens with zero attached hydrogens (tertiary/aromatic N) is 1. The van der Waals surface area contributed by atoms with Crippen molar-refractivity contribution in [1.29, 1.82) is 0 Å². The Morgan fingerprint density at radius 3 is 2.40 bits per heavy atom. The van der Waals surface area contributed by atoms with Gasteiger partial charge in [-0.2, -0.15) is 0 Å². The molecule has 0 aliphatic carbocycles. The first kappa shape index (κ1) is 16.6. The van der Waals surface area contributed by atoms with Gasteiger partial charge in [-0.25, -0.2) is 0 Å². The van der Waals surface area contributed by atoms with Gasteiger partial charge in [0.1, 0.15) is 11.5 Å². The van der Waals surface area contributed by atoms with Crippen LogP contribution in [-0.4, -0.2) is 18.7 Å². The maximum absolute atomic E-state index is 6.16. The highest BCUT2D eigenvalue weighted by Crippen LogP contribution is 2.36. The van der Waals surface area contributed by atoms with Gasteiger partial charge in [0.15, 0.2) is 0 Å². The van der Waals surface area contributed by atoms with E-state index in [9.17, 15) is 0 Å². The number of halogens is 1. The molecule has 0 N–H and O–H groups in total.